The molecule has 0 atom stereocenters. The summed E-state index contributed by atoms with van der Waals surface area (Å²) in [4.78, 5) is 25.6. The first-order valence-electron chi connectivity index (χ1n) is 5.23. The molecule has 0 bridgehead atoms. The highest BCUT2D eigenvalue weighted by Gasteiger charge is 2.06. The number of ether oxygens (including phenoxy) is 1. The Morgan fingerprint density at radius 3 is 2.78 bits per heavy atom. The van der Waals surface area contributed by atoms with Gasteiger partial charge in [0, 0.05) is 16.7 Å². The van der Waals surface area contributed by atoms with Gasteiger partial charge in [0.15, 0.2) is 0 Å². The first kappa shape index (κ1) is 12.6. The number of nitrogens with one attached hydrogen (secondary N) is 1. The number of hydrogen-bond acceptors (Lipinski definition) is 3. The number of rotatable bonds is 3. The number of aromatic nitrogens is 2. The third-order valence-electron chi connectivity index (χ3n) is 2.53. The Balaban J connectivity index is 2.46. The van der Waals surface area contributed by atoms with Crippen molar-refractivity contribution in [3.8, 4) is 5.75 Å². The van der Waals surface area contributed by atoms with Crippen LogP contribution in [0.4, 0.5) is 0 Å². The van der Waals surface area contributed by atoms with Gasteiger partial charge in [-0.15, -0.1) is 0 Å². The predicted octanol–water partition coefficient (Wildman–Crippen LogP) is 1.36. The number of benzene rings is 1. The van der Waals surface area contributed by atoms with Crippen molar-refractivity contribution in [3.63, 3.8) is 0 Å². The van der Waals surface area contributed by atoms with Gasteiger partial charge >= 0.3 is 5.69 Å². The molecule has 0 saturated carbocycles. The molecule has 0 amide bonds. The zero-order valence-corrected chi connectivity index (χ0v) is 11.2. The minimum Gasteiger partial charge on any atom is -0.497 e. The molecule has 0 spiro atoms. The molecule has 5 nitrogen and oxygen atoms in total. The highest BCUT2D eigenvalue weighted by Crippen LogP contribution is 2.22. The zero-order valence-electron chi connectivity index (χ0n) is 9.64. The van der Waals surface area contributed by atoms with Gasteiger partial charge in [-0.05, 0) is 23.8 Å². The summed E-state index contributed by atoms with van der Waals surface area (Å²) in [5.41, 5.74) is 0.0267. The lowest BCUT2D eigenvalue weighted by atomic mass is 10.2. The van der Waals surface area contributed by atoms with E-state index in [9.17, 15) is 9.59 Å². The van der Waals surface area contributed by atoms with E-state index in [0.717, 1.165) is 14.6 Å². The van der Waals surface area contributed by atoms with E-state index < -0.39 is 5.69 Å². The molecule has 2 aromatic rings. The molecule has 0 fully saturated rings. The molecular formula is C12H11BrN2O3. The predicted molar refractivity (Wildman–Crippen MR) is 71.1 cm³/mol. The Bertz CT molecular complexity index is 647. The lowest BCUT2D eigenvalue weighted by molar-refractivity contribution is 0.414. The summed E-state index contributed by atoms with van der Waals surface area (Å²) >= 11 is 3.38. The minimum absolute atomic E-state index is 0.187. The van der Waals surface area contributed by atoms with E-state index in [4.69, 9.17) is 4.74 Å². The maximum absolute atomic E-state index is 11.6. The van der Waals surface area contributed by atoms with E-state index in [1.54, 1.807) is 19.2 Å². The quantitative estimate of drug-likeness (QED) is 0.931. The number of methoxy groups -OCH3 is 1. The molecule has 0 aliphatic carbocycles. The van der Waals surface area contributed by atoms with Crippen molar-refractivity contribution in [2.45, 2.75) is 6.54 Å². The summed E-state index contributed by atoms with van der Waals surface area (Å²) in [5.74, 6) is 0.675. The molecule has 18 heavy (non-hydrogen) atoms. The largest absolute Gasteiger partial charge is 0.497 e. The number of nitrogens with zero attached hydrogens (tertiary/aromatic N) is 1. The van der Waals surface area contributed by atoms with Crippen molar-refractivity contribution in [1.82, 2.24) is 9.55 Å². The van der Waals surface area contributed by atoms with Crippen LogP contribution in [-0.4, -0.2) is 16.7 Å². The van der Waals surface area contributed by atoms with Crippen molar-refractivity contribution < 1.29 is 4.74 Å². The lowest BCUT2D eigenvalue weighted by Crippen LogP contribution is -2.34. The Hall–Kier alpha value is -1.82. The van der Waals surface area contributed by atoms with Crippen LogP contribution in [0, 0.1) is 0 Å². The van der Waals surface area contributed by atoms with Gasteiger partial charge in [-0.3, -0.25) is 9.36 Å². The molecule has 0 saturated heterocycles. The van der Waals surface area contributed by atoms with Crippen LogP contribution in [0.25, 0.3) is 0 Å². The summed E-state index contributed by atoms with van der Waals surface area (Å²) in [6.45, 7) is 0.187. The van der Waals surface area contributed by atoms with Gasteiger partial charge in [0.05, 0.1) is 13.7 Å². The highest BCUT2D eigenvalue weighted by molar-refractivity contribution is 9.10. The average molecular weight is 311 g/mol. The Labute approximate surface area is 111 Å². The number of aromatic amines is 1. The number of hydrogen-bond donors (Lipinski definition) is 1. The minimum atomic E-state index is -0.433. The highest BCUT2D eigenvalue weighted by atomic mass is 79.9. The van der Waals surface area contributed by atoms with Gasteiger partial charge in [0.25, 0.3) is 5.56 Å². The maximum atomic E-state index is 11.6. The van der Waals surface area contributed by atoms with Crippen LogP contribution in [0.15, 0.2) is 44.5 Å². The van der Waals surface area contributed by atoms with Gasteiger partial charge in [-0.25, -0.2) is 4.79 Å². The molecule has 0 unspecified atom stereocenters. The van der Waals surface area contributed by atoms with Gasteiger partial charge < -0.3 is 9.72 Å². The van der Waals surface area contributed by atoms with E-state index in [1.165, 1.54) is 12.3 Å². The number of halogens is 1. The van der Waals surface area contributed by atoms with Gasteiger partial charge in [-0.2, -0.15) is 0 Å². The van der Waals surface area contributed by atoms with Crippen LogP contribution in [0.3, 0.4) is 0 Å². The summed E-state index contributed by atoms with van der Waals surface area (Å²) < 4.78 is 7.06. The Kier molecular flexibility index (Phi) is 3.66. The van der Waals surface area contributed by atoms with E-state index in [2.05, 4.69) is 20.9 Å². The molecule has 0 aliphatic rings. The summed E-state index contributed by atoms with van der Waals surface area (Å²) in [7, 11) is 1.56. The van der Waals surface area contributed by atoms with E-state index in [-0.39, 0.29) is 12.1 Å². The van der Waals surface area contributed by atoms with Crippen LogP contribution in [0.2, 0.25) is 0 Å². The molecule has 94 valence electrons. The van der Waals surface area contributed by atoms with E-state index in [0.29, 0.717) is 5.75 Å². The molecule has 6 heteroatoms. The van der Waals surface area contributed by atoms with Crippen LogP contribution >= 0.6 is 15.9 Å². The van der Waals surface area contributed by atoms with Crippen molar-refractivity contribution in [2.75, 3.05) is 7.11 Å². The molecule has 1 aromatic heterocycles. The second kappa shape index (κ2) is 5.22. The zero-order chi connectivity index (χ0) is 13.1. The van der Waals surface area contributed by atoms with E-state index in [1.807, 2.05) is 6.07 Å². The Morgan fingerprint density at radius 2 is 2.11 bits per heavy atom. The third-order valence-corrected chi connectivity index (χ3v) is 3.30. The fourth-order valence-electron chi connectivity index (χ4n) is 1.57. The average Bonchev–Trinajstić information content (AvgIpc) is 2.36. The SMILES string of the molecule is COc1ccc(Br)c(Cn2c(=O)cc[nH]c2=O)c1. The third kappa shape index (κ3) is 2.53. The monoisotopic (exact) mass is 310 g/mol. The number of H-pyrrole nitrogens is 1. The van der Waals surface area contributed by atoms with Crippen molar-refractivity contribution in [2.24, 2.45) is 0 Å². The van der Waals surface area contributed by atoms with Gasteiger partial charge in [0.1, 0.15) is 5.75 Å². The maximum Gasteiger partial charge on any atom is 0.328 e. The molecule has 0 aliphatic heterocycles. The fourth-order valence-corrected chi connectivity index (χ4v) is 1.94. The normalized spacial score (nSPS) is 10.3. The van der Waals surface area contributed by atoms with Crippen LogP contribution in [0.1, 0.15) is 5.56 Å². The molecule has 1 heterocycles. The Morgan fingerprint density at radius 1 is 1.33 bits per heavy atom. The standard InChI is InChI=1S/C12H11BrN2O3/c1-18-9-2-3-10(13)8(6-9)7-15-11(16)4-5-14-12(15)17/h2-6H,7H2,1H3,(H,14,17). The van der Waals surface area contributed by atoms with Crippen molar-refractivity contribution in [3.05, 3.63) is 61.3 Å². The lowest BCUT2D eigenvalue weighted by Gasteiger charge is -2.08. The summed E-state index contributed by atoms with van der Waals surface area (Å²) in [6.07, 6.45) is 1.34. The second-order valence-corrected chi connectivity index (χ2v) is 4.52. The topological polar surface area (TPSA) is 64.1 Å². The van der Waals surface area contributed by atoms with Crippen LogP contribution in [-0.2, 0) is 6.54 Å². The van der Waals surface area contributed by atoms with Crippen LogP contribution in [0.5, 0.6) is 5.75 Å². The first-order valence-corrected chi connectivity index (χ1v) is 6.02. The second-order valence-electron chi connectivity index (χ2n) is 3.66. The smallest absolute Gasteiger partial charge is 0.328 e. The summed E-state index contributed by atoms with van der Waals surface area (Å²) in [5, 5.41) is 0. The molecular weight excluding hydrogens is 300 g/mol. The molecule has 0 radical (unpaired) electrons. The first-order chi connectivity index (χ1) is 8.61. The fraction of sp³-hybridized carbons (Fsp3) is 0.167. The van der Waals surface area contributed by atoms with E-state index >= 15 is 0 Å². The molecule has 1 aromatic carbocycles. The van der Waals surface area contributed by atoms with Crippen LogP contribution < -0.4 is 16.0 Å². The molecule has 2 rings (SSSR count). The van der Waals surface area contributed by atoms with Gasteiger partial charge in [0.2, 0.25) is 0 Å². The van der Waals surface area contributed by atoms with Crippen molar-refractivity contribution >= 4 is 15.9 Å². The van der Waals surface area contributed by atoms with Crippen molar-refractivity contribution in [1.29, 1.82) is 0 Å². The summed E-state index contributed by atoms with van der Waals surface area (Å²) in [6, 6.07) is 6.71. The molecule has 1 N–H and O–H groups in total. The van der Waals surface area contributed by atoms with Gasteiger partial charge in [-0.1, -0.05) is 15.9 Å².